The lowest BCUT2D eigenvalue weighted by Gasteiger charge is -2.45. The van der Waals surface area contributed by atoms with Crippen molar-refractivity contribution >= 4 is 22.4 Å². The average molecular weight is 432 g/mol. The van der Waals surface area contributed by atoms with Crippen LogP contribution < -0.4 is 9.88 Å². The fraction of sp³-hybridized carbons (Fsp3) is 0.556. The molecule has 29 heavy (non-hydrogen) atoms. The molecule has 11 heteroatoms. The summed E-state index contributed by atoms with van der Waals surface area (Å²) in [7, 11) is -2.58. The summed E-state index contributed by atoms with van der Waals surface area (Å²) in [6.45, 7) is 1.94. The molecular formula is C18H28N2O8S. The Labute approximate surface area is 169 Å². The van der Waals surface area contributed by atoms with Gasteiger partial charge in [-0.2, -0.15) is 0 Å². The second-order valence-electron chi connectivity index (χ2n) is 6.81. The van der Waals surface area contributed by atoms with E-state index in [1.54, 1.807) is 0 Å². The lowest BCUT2D eigenvalue weighted by atomic mass is 9.74. The van der Waals surface area contributed by atoms with E-state index in [2.05, 4.69) is 0 Å². The van der Waals surface area contributed by atoms with Crippen LogP contribution in [0.2, 0.25) is 0 Å². The Hall–Kier alpha value is -2.21. The summed E-state index contributed by atoms with van der Waals surface area (Å²) < 4.78 is 28.4. The number of hydrogen-bond donors (Lipinski definition) is 4. The summed E-state index contributed by atoms with van der Waals surface area (Å²) in [5, 5.41) is 32.2. The molecule has 1 aliphatic heterocycles. The van der Waals surface area contributed by atoms with Crippen LogP contribution in [0.3, 0.4) is 0 Å². The first-order chi connectivity index (χ1) is 13.6. The number of carbonyl (C=O) groups is 2. The number of carbonyl (C=O) groups excluding carboxylic acids is 1. The van der Waals surface area contributed by atoms with Gasteiger partial charge in [0.2, 0.25) is 10.0 Å². The first-order valence-electron chi connectivity index (χ1n) is 8.97. The third-order valence-electron chi connectivity index (χ3n) is 4.96. The molecule has 10 nitrogen and oxygen atoms in total. The molecule has 5 N–H and O–H groups in total. The summed E-state index contributed by atoms with van der Waals surface area (Å²) in [6, 6.07) is 3.86. The highest BCUT2D eigenvalue weighted by Crippen LogP contribution is 2.36. The lowest BCUT2D eigenvalue weighted by molar-refractivity contribution is -0.122. The Balaban J connectivity index is 0.00000132. The molecule has 0 spiro atoms. The minimum absolute atomic E-state index is 0.0822. The van der Waals surface area contributed by atoms with Crippen LogP contribution in [0.4, 0.5) is 0 Å². The maximum atomic E-state index is 13.0. The van der Waals surface area contributed by atoms with Gasteiger partial charge in [0.25, 0.3) is 12.4 Å². The highest BCUT2D eigenvalue weighted by molar-refractivity contribution is 7.89. The average Bonchev–Trinajstić information content (AvgIpc) is 2.68. The Morgan fingerprint density at radius 1 is 1.45 bits per heavy atom. The van der Waals surface area contributed by atoms with Crippen molar-refractivity contribution in [3.05, 3.63) is 23.8 Å². The van der Waals surface area contributed by atoms with Gasteiger partial charge >= 0.3 is 0 Å². The van der Waals surface area contributed by atoms with Gasteiger partial charge < -0.3 is 25.0 Å². The summed E-state index contributed by atoms with van der Waals surface area (Å²) in [4.78, 5) is 22.7. The quantitative estimate of drug-likeness (QED) is 0.457. The number of sulfonamides is 1. The van der Waals surface area contributed by atoms with Gasteiger partial charge in [0, 0.05) is 18.5 Å². The van der Waals surface area contributed by atoms with Gasteiger partial charge in [0.05, 0.1) is 30.3 Å². The Morgan fingerprint density at radius 3 is 2.55 bits per heavy atom. The number of methoxy groups -OCH3 is 1. The van der Waals surface area contributed by atoms with Crippen LogP contribution in [0.5, 0.6) is 5.75 Å². The Morgan fingerprint density at radius 2 is 2.07 bits per heavy atom. The van der Waals surface area contributed by atoms with Gasteiger partial charge in [-0.05, 0) is 31.0 Å². The van der Waals surface area contributed by atoms with Crippen molar-refractivity contribution in [2.45, 2.75) is 37.2 Å². The van der Waals surface area contributed by atoms with Crippen molar-refractivity contribution in [2.24, 2.45) is 10.6 Å². The van der Waals surface area contributed by atoms with E-state index in [0.717, 1.165) is 6.42 Å². The number of piperidine rings is 1. The van der Waals surface area contributed by atoms with E-state index in [4.69, 9.17) is 19.8 Å². The number of rotatable bonds is 6. The van der Waals surface area contributed by atoms with E-state index >= 15 is 0 Å². The minimum atomic E-state index is -3.97. The van der Waals surface area contributed by atoms with Crippen molar-refractivity contribution in [3.8, 4) is 5.75 Å². The number of amides is 1. The van der Waals surface area contributed by atoms with Crippen LogP contribution >= 0.6 is 0 Å². The van der Waals surface area contributed by atoms with Crippen LogP contribution in [0.25, 0.3) is 0 Å². The number of ether oxygens (including phenoxy) is 1. The van der Waals surface area contributed by atoms with Crippen LogP contribution in [0.15, 0.2) is 23.1 Å². The largest absolute Gasteiger partial charge is 0.496 e. The standard InChI is InChI=1S/C17H26N2O6S.CH2O2/c1-3-7-17(11-20)10-19(8-6-15(17)21)16(22)13-9-12(26(18,23)24)4-5-14(13)25-2;2-1-3/h4-5,9,15,20-21H,3,6-8,10-11H2,1-2H3,(H2,18,23,24);1H,(H,2,3)/t15-,17+;/m1./s1. The third-order valence-corrected chi connectivity index (χ3v) is 5.88. The third kappa shape index (κ3) is 5.89. The molecule has 0 aromatic heterocycles. The van der Waals surface area contributed by atoms with Gasteiger partial charge in [-0.15, -0.1) is 0 Å². The van der Waals surface area contributed by atoms with E-state index in [-0.39, 0.29) is 35.8 Å². The van der Waals surface area contributed by atoms with Gasteiger partial charge in [-0.1, -0.05) is 13.3 Å². The van der Waals surface area contributed by atoms with Gasteiger partial charge in [0.15, 0.2) is 0 Å². The molecule has 1 saturated heterocycles. The minimum Gasteiger partial charge on any atom is -0.496 e. The van der Waals surface area contributed by atoms with Crippen molar-refractivity contribution in [3.63, 3.8) is 0 Å². The van der Waals surface area contributed by atoms with Crippen molar-refractivity contribution in [1.29, 1.82) is 0 Å². The second-order valence-corrected chi connectivity index (χ2v) is 8.38. The van der Waals surface area contributed by atoms with E-state index in [9.17, 15) is 23.4 Å². The molecule has 2 atom stereocenters. The van der Waals surface area contributed by atoms with E-state index in [0.29, 0.717) is 19.4 Å². The molecule has 0 saturated carbocycles. The summed E-state index contributed by atoms with van der Waals surface area (Å²) in [5.74, 6) is -0.188. The number of primary sulfonamides is 1. The van der Waals surface area contributed by atoms with E-state index < -0.39 is 27.4 Å². The zero-order valence-electron chi connectivity index (χ0n) is 16.4. The first kappa shape index (κ1) is 24.8. The van der Waals surface area contributed by atoms with Crippen molar-refractivity contribution in [2.75, 3.05) is 26.8 Å². The van der Waals surface area contributed by atoms with Crippen LogP contribution in [-0.4, -0.2) is 73.9 Å². The highest BCUT2D eigenvalue weighted by atomic mass is 32.2. The first-order valence-corrected chi connectivity index (χ1v) is 10.5. The lowest BCUT2D eigenvalue weighted by Crippen LogP contribution is -2.55. The normalized spacial score (nSPS) is 21.7. The number of aliphatic hydroxyl groups is 2. The molecule has 164 valence electrons. The smallest absolute Gasteiger partial charge is 0.290 e. The molecule has 0 unspecified atom stereocenters. The maximum absolute atomic E-state index is 13.0. The second kappa shape index (κ2) is 10.5. The Kier molecular flexibility index (Phi) is 9.02. The fourth-order valence-electron chi connectivity index (χ4n) is 3.50. The summed E-state index contributed by atoms with van der Waals surface area (Å²) >= 11 is 0. The number of nitrogens with two attached hydrogens (primary N) is 1. The van der Waals surface area contributed by atoms with Gasteiger partial charge in [0.1, 0.15) is 5.75 Å². The maximum Gasteiger partial charge on any atom is 0.290 e. The predicted molar refractivity (Wildman–Crippen MR) is 104 cm³/mol. The molecule has 1 heterocycles. The van der Waals surface area contributed by atoms with Crippen LogP contribution in [-0.2, 0) is 14.8 Å². The number of benzene rings is 1. The SMILES string of the molecule is CCC[C@@]1(CO)CN(C(=O)c2cc(S(N)(=O)=O)ccc2OC)CC[C@H]1O.O=CO. The topological polar surface area (TPSA) is 167 Å². The molecule has 0 aliphatic carbocycles. The zero-order valence-corrected chi connectivity index (χ0v) is 17.3. The summed E-state index contributed by atoms with van der Waals surface area (Å²) in [5.41, 5.74) is -0.702. The fourth-order valence-corrected chi connectivity index (χ4v) is 4.04. The molecule has 0 bridgehead atoms. The van der Waals surface area contributed by atoms with Crippen molar-refractivity contribution < 1.29 is 38.1 Å². The molecule has 1 amide bonds. The summed E-state index contributed by atoms with van der Waals surface area (Å²) in [6.07, 6.45) is 0.963. The number of carboxylic acid groups (broad SMARTS) is 1. The number of nitrogens with zero attached hydrogens (tertiary/aromatic N) is 1. The molecule has 1 aromatic carbocycles. The monoisotopic (exact) mass is 432 g/mol. The number of aliphatic hydroxyl groups excluding tert-OH is 2. The molecule has 1 aromatic rings. The van der Waals surface area contributed by atoms with Crippen molar-refractivity contribution in [1.82, 2.24) is 4.90 Å². The molecule has 1 aliphatic rings. The number of likely N-dealkylation sites (tertiary alicyclic amines) is 1. The molecule has 0 radical (unpaired) electrons. The van der Waals surface area contributed by atoms with Gasteiger partial charge in [-0.25, -0.2) is 13.6 Å². The number of hydrogen-bond acceptors (Lipinski definition) is 7. The Bertz CT molecular complexity index is 814. The van der Waals surface area contributed by atoms with Gasteiger partial charge in [-0.3, -0.25) is 9.59 Å². The predicted octanol–water partition coefficient (Wildman–Crippen LogP) is 0.0290. The highest BCUT2D eigenvalue weighted by Gasteiger charge is 2.43. The zero-order chi connectivity index (χ0) is 22.2. The van der Waals surface area contributed by atoms with Crippen LogP contribution in [0.1, 0.15) is 36.5 Å². The van der Waals surface area contributed by atoms with E-state index in [1.165, 1.54) is 30.2 Å². The van der Waals surface area contributed by atoms with Crippen LogP contribution in [0, 0.1) is 5.41 Å². The molecular weight excluding hydrogens is 404 g/mol. The molecule has 1 fully saturated rings. The van der Waals surface area contributed by atoms with E-state index in [1.807, 2.05) is 6.92 Å². The molecule has 2 rings (SSSR count).